The van der Waals surface area contributed by atoms with Gasteiger partial charge in [0.15, 0.2) is 5.96 Å². The Bertz CT molecular complexity index is 513. The van der Waals surface area contributed by atoms with Crippen molar-refractivity contribution in [1.29, 1.82) is 0 Å². The van der Waals surface area contributed by atoms with Crippen LogP contribution in [0.4, 0.5) is 0 Å². The van der Waals surface area contributed by atoms with Crippen LogP contribution in [0.2, 0.25) is 0 Å². The summed E-state index contributed by atoms with van der Waals surface area (Å²) in [5, 5.41) is 6.73. The average Bonchev–Trinajstić information content (AvgIpc) is 2.70. The lowest BCUT2D eigenvalue weighted by Gasteiger charge is -2.26. The molecule has 0 atom stereocenters. The number of rotatable bonds is 10. The molecule has 1 aliphatic heterocycles. The third kappa shape index (κ3) is 8.06. The largest absolute Gasteiger partial charge is 0.497 e. The van der Waals surface area contributed by atoms with Crippen molar-refractivity contribution in [2.24, 2.45) is 4.99 Å². The topological polar surface area (TPSA) is 58.1 Å². The summed E-state index contributed by atoms with van der Waals surface area (Å²) in [6.07, 6.45) is 5.00. The molecule has 1 saturated heterocycles. The van der Waals surface area contributed by atoms with Gasteiger partial charge in [-0.15, -0.1) is 0 Å². The summed E-state index contributed by atoms with van der Waals surface area (Å²) >= 11 is 0. The summed E-state index contributed by atoms with van der Waals surface area (Å²) in [5.41, 5.74) is 1.16. The molecule has 0 aromatic heterocycles. The van der Waals surface area contributed by atoms with E-state index < -0.39 is 0 Å². The van der Waals surface area contributed by atoms with Gasteiger partial charge >= 0.3 is 0 Å². The molecule has 0 amide bonds. The van der Waals surface area contributed by atoms with E-state index in [1.807, 2.05) is 31.3 Å². The fourth-order valence-corrected chi connectivity index (χ4v) is 3.03. The summed E-state index contributed by atoms with van der Waals surface area (Å²) < 4.78 is 10.9. The number of benzene rings is 1. The maximum absolute atomic E-state index is 5.72. The third-order valence-corrected chi connectivity index (χ3v) is 4.58. The predicted molar refractivity (Wildman–Crippen MR) is 107 cm³/mol. The maximum Gasteiger partial charge on any atom is 0.191 e. The number of aliphatic imine (C=N–C) groups is 1. The number of nitrogens with zero attached hydrogens (tertiary/aromatic N) is 2. The summed E-state index contributed by atoms with van der Waals surface area (Å²) in [5.74, 6) is 1.74. The van der Waals surface area contributed by atoms with Gasteiger partial charge in [0, 0.05) is 33.3 Å². The van der Waals surface area contributed by atoms with E-state index in [0.717, 1.165) is 49.9 Å². The average molecular weight is 363 g/mol. The molecule has 146 valence electrons. The van der Waals surface area contributed by atoms with E-state index in [9.17, 15) is 0 Å². The number of nitrogens with one attached hydrogen (secondary N) is 2. The lowest BCUT2D eigenvalue weighted by Crippen LogP contribution is -2.43. The Balaban J connectivity index is 1.49. The Hall–Kier alpha value is -1.79. The van der Waals surface area contributed by atoms with Crippen molar-refractivity contribution >= 4 is 5.96 Å². The van der Waals surface area contributed by atoms with E-state index >= 15 is 0 Å². The number of methoxy groups -OCH3 is 1. The second kappa shape index (κ2) is 12.5. The maximum atomic E-state index is 5.72. The lowest BCUT2D eigenvalue weighted by molar-refractivity contribution is 0.119. The fraction of sp³-hybridized carbons (Fsp3) is 0.650. The van der Waals surface area contributed by atoms with Crippen molar-refractivity contribution in [2.75, 3.05) is 53.5 Å². The molecule has 1 aliphatic rings. The lowest BCUT2D eigenvalue weighted by atomic mass is 10.1. The van der Waals surface area contributed by atoms with Crippen LogP contribution in [0, 0.1) is 0 Å². The third-order valence-electron chi connectivity index (χ3n) is 4.58. The van der Waals surface area contributed by atoms with Crippen LogP contribution < -0.4 is 15.4 Å². The summed E-state index contributed by atoms with van der Waals surface area (Å²) in [4.78, 5) is 6.80. The van der Waals surface area contributed by atoms with Crippen molar-refractivity contribution in [1.82, 2.24) is 15.5 Å². The number of guanidine groups is 1. The number of hydrogen-bond acceptors (Lipinski definition) is 4. The number of ether oxygens (including phenoxy) is 2. The van der Waals surface area contributed by atoms with Crippen molar-refractivity contribution in [3.8, 4) is 5.75 Å². The van der Waals surface area contributed by atoms with E-state index in [0.29, 0.717) is 6.61 Å². The zero-order valence-corrected chi connectivity index (χ0v) is 16.3. The highest BCUT2D eigenvalue weighted by Gasteiger charge is 2.09. The van der Waals surface area contributed by atoms with Gasteiger partial charge in [-0.1, -0.05) is 18.6 Å². The van der Waals surface area contributed by atoms with Crippen LogP contribution in [0.15, 0.2) is 29.3 Å². The number of piperidine rings is 1. The van der Waals surface area contributed by atoms with Gasteiger partial charge in [-0.25, -0.2) is 0 Å². The van der Waals surface area contributed by atoms with E-state index in [1.54, 1.807) is 7.11 Å². The molecule has 1 heterocycles. The molecule has 6 nitrogen and oxygen atoms in total. The van der Waals surface area contributed by atoms with Gasteiger partial charge in [-0.3, -0.25) is 4.99 Å². The minimum atomic E-state index is 0.632. The van der Waals surface area contributed by atoms with Crippen LogP contribution in [-0.2, 0) is 11.3 Å². The second-order valence-corrected chi connectivity index (χ2v) is 6.58. The Morgan fingerprint density at radius 3 is 2.50 bits per heavy atom. The summed E-state index contributed by atoms with van der Waals surface area (Å²) in [6, 6.07) is 7.98. The first-order valence-corrected chi connectivity index (χ1v) is 9.69. The molecule has 1 aromatic rings. The molecule has 0 unspecified atom stereocenters. The highest BCUT2D eigenvalue weighted by Crippen LogP contribution is 2.11. The molecule has 1 aromatic carbocycles. The molecule has 0 spiro atoms. The first kappa shape index (κ1) is 20.5. The first-order valence-electron chi connectivity index (χ1n) is 9.69. The molecular weight excluding hydrogens is 328 g/mol. The van der Waals surface area contributed by atoms with Crippen molar-refractivity contribution in [3.05, 3.63) is 29.8 Å². The smallest absolute Gasteiger partial charge is 0.191 e. The zero-order chi connectivity index (χ0) is 18.5. The Morgan fingerprint density at radius 1 is 1.08 bits per heavy atom. The Morgan fingerprint density at radius 2 is 1.81 bits per heavy atom. The van der Waals surface area contributed by atoms with Crippen LogP contribution in [-0.4, -0.2) is 64.3 Å². The highest BCUT2D eigenvalue weighted by molar-refractivity contribution is 5.79. The molecular formula is C20H34N4O2. The van der Waals surface area contributed by atoms with Crippen molar-refractivity contribution in [3.63, 3.8) is 0 Å². The van der Waals surface area contributed by atoms with E-state index in [-0.39, 0.29) is 0 Å². The fourth-order valence-electron chi connectivity index (χ4n) is 3.03. The predicted octanol–water partition coefficient (Wildman–Crippen LogP) is 2.25. The van der Waals surface area contributed by atoms with Gasteiger partial charge in [-0.05, 0) is 50.0 Å². The van der Waals surface area contributed by atoms with Crippen LogP contribution in [0.1, 0.15) is 31.2 Å². The quantitative estimate of drug-likeness (QED) is 0.380. The monoisotopic (exact) mass is 362 g/mol. The van der Waals surface area contributed by atoms with Gasteiger partial charge in [0.1, 0.15) is 5.75 Å². The first-order chi connectivity index (χ1) is 12.8. The van der Waals surface area contributed by atoms with Crippen LogP contribution in [0.5, 0.6) is 5.75 Å². The van der Waals surface area contributed by atoms with Crippen LogP contribution in [0.3, 0.4) is 0 Å². The minimum Gasteiger partial charge on any atom is -0.497 e. The summed E-state index contributed by atoms with van der Waals surface area (Å²) in [7, 11) is 3.49. The van der Waals surface area contributed by atoms with Gasteiger partial charge in [0.2, 0.25) is 0 Å². The van der Waals surface area contributed by atoms with E-state index in [2.05, 4.69) is 20.5 Å². The molecule has 0 saturated carbocycles. The SMILES string of the molecule is CN=C(NCCCOCc1ccc(OC)cc1)NCCN1CCCCC1. The number of likely N-dealkylation sites (tertiary alicyclic amines) is 1. The summed E-state index contributed by atoms with van der Waals surface area (Å²) in [6.45, 7) is 6.71. The van der Waals surface area contributed by atoms with Gasteiger partial charge < -0.3 is 25.0 Å². The zero-order valence-electron chi connectivity index (χ0n) is 16.3. The molecule has 2 N–H and O–H groups in total. The molecule has 1 fully saturated rings. The van der Waals surface area contributed by atoms with E-state index in [1.165, 1.54) is 32.4 Å². The van der Waals surface area contributed by atoms with Crippen molar-refractivity contribution in [2.45, 2.75) is 32.3 Å². The number of hydrogen-bond donors (Lipinski definition) is 2. The molecule has 0 radical (unpaired) electrons. The van der Waals surface area contributed by atoms with Gasteiger partial charge in [0.25, 0.3) is 0 Å². The molecule has 2 rings (SSSR count). The van der Waals surface area contributed by atoms with Crippen LogP contribution >= 0.6 is 0 Å². The van der Waals surface area contributed by atoms with Crippen molar-refractivity contribution < 1.29 is 9.47 Å². The molecule has 0 aliphatic carbocycles. The van der Waals surface area contributed by atoms with Crippen LogP contribution in [0.25, 0.3) is 0 Å². The Labute approximate surface area is 158 Å². The Kier molecular flexibility index (Phi) is 9.90. The molecule has 6 heteroatoms. The van der Waals surface area contributed by atoms with E-state index in [4.69, 9.17) is 9.47 Å². The standard InChI is InChI=1S/C20H34N4O2/c1-21-20(23-12-15-24-13-4-3-5-14-24)22-11-6-16-26-17-18-7-9-19(25-2)10-8-18/h7-10H,3-6,11-17H2,1-2H3,(H2,21,22,23). The normalized spacial score (nSPS) is 15.7. The molecule has 26 heavy (non-hydrogen) atoms. The molecule has 0 bridgehead atoms. The van der Waals surface area contributed by atoms with Gasteiger partial charge in [0.05, 0.1) is 13.7 Å². The second-order valence-electron chi connectivity index (χ2n) is 6.58. The highest BCUT2D eigenvalue weighted by atomic mass is 16.5. The minimum absolute atomic E-state index is 0.632. The van der Waals surface area contributed by atoms with Gasteiger partial charge in [-0.2, -0.15) is 0 Å².